The lowest BCUT2D eigenvalue weighted by atomic mass is 9.70. The van der Waals surface area contributed by atoms with E-state index < -0.39 is 5.60 Å². The van der Waals surface area contributed by atoms with Crippen LogP contribution >= 0.6 is 0 Å². The van der Waals surface area contributed by atoms with Crippen molar-refractivity contribution in [2.75, 3.05) is 7.11 Å². The van der Waals surface area contributed by atoms with Crippen molar-refractivity contribution >= 4 is 5.97 Å². The molecule has 18 heavy (non-hydrogen) atoms. The zero-order valence-corrected chi connectivity index (χ0v) is 10.8. The van der Waals surface area contributed by atoms with Gasteiger partial charge in [-0.3, -0.25) is 4.79 Å². The maximum atomic E-state index is 11.5. The number of benzene rings is 1. The molecule has 0 aromatic heterocycles. The van der Waals surface area contributed by atoms with Gasteiger partial charge in [0, 0.05) is 5.92 Å². The summed E-state index contributed by atoms with van der Waals surface area (Å²) in [6.07, 6.45) is 3.75. The number of ether oxygens (including phenoxy) is 1. The average molecular weight is 248 g/mol. The Hall–Kier alpha value is -1.35. The van der Waals surface area contributed by atoms with Crippen LogP contribution in [0.2, 0.25) is 0 Å². The minimum Gasteiger partial charge on any atom is -0.469 e. The van der Waals surface area contributed by atoms with E-state index in [2.05, 4.69) is 0 Å². The van der Waals surface area contributed by atoms with Gasteiger partial charge in [0.1, 0.15) is 0 Å². The largest absolute Gasteiger partial charge is 0.469 e. The molecule has 1 saturated carbocycles. The van der Waals surface area contributed by atoms with Crippen LogP contribution in [0.5, 0.6) is 0 Å². The molecule has 0 saturated heterocycles. The first-order valence-electron chi connectivity index (χ1n) is 6.50. The second-order valence-electron chi connectivity index (χ2n) is 5.07. The summed E-state index contributed by atoms with van der Waals surface area (Å²) in [6.45, 7) is 0. The third kappa shape index (κ3) is 2.72. The average Bonchev–Trinajstić information content (AvgIpc) is 2.39. The topological polar surface area (TPSA) is 46.5 Å². The monoisotopic (exact) mass is 248 g/mol. The van der Waals surface area contributed by atoms with Crippen LogP contribution in [0.15, 0.2) is 30.3 Å². The molecular formula is C15H20O3. The van der Waals surface area contributed by atoms with Crippen LogP contribution in [0.4, 0.5) is 0 Å². The van der Waals surface area contributed by atoms with Crippen LogP contribution in [0.1, 0.15) is 43.6 Å². The first-order chi connectivity index (χ1) is 8.65. The van der Waals surface area contributed by atoms with Crippen LogP contribution in [0.25, 0.3) is 0 Å². The van der Waals surface area contributed by atoms with Gasteiger partial charge in [0.05, 0.1) is 19.1 Å². The number of hydrogen-bond donors (Lipinski definition) is 1. The molecule has 0 aliphatic heterocycles. The lowest BCUT2D eigenvalue weighted by Crippen LogP contribution is -2.41. The van der Waals surface area contributed by atoms with Crippen LogP contribution in [0, 0.1) is 0 Å². The molecule has 1 aromatic rings. The highest BCUT2D eigenvalue weighted by Gasteiger charge is 2.41. The van der Waals surface area contributed by atoms with Gasteiger partial charge in [-0.2, -0.15) is 0 Å². The molecule has 1 aromatic carbocycles. The number of methoxy groups -OCH3 is 1. The summed E-state index contributed by atoms with van der Waals surface area (Å²) in [5, 5.41) is 10.8. The van der Waals surface area contributed by atoms with Gasteiger partial charge in [-0.25, -0.2) is 0 Å². The molecule has 2 atom stereocenters. The third-order valence-electron chi connectivity index (χ3n) is 3.88. The smallest absolute Gasteiger partial charge is 0.308 e. The van der Waals surface area contributed by atoms with Crippen molar-refractivity contribution in [2.45, 2.75) is 43.6 Å². The zero-order valence-electron chi connectivity index (χ0n) is 10.8. The van der Waals surface area contributed by atoms with Crippen molar-refractivity contribution in [3.8, 4) is 0 Å². The number of hydrogen-bond acceptors (Lipinski definition) is 3. The Balaban J connectivity index is 2.22. The van der Waals surface area contributed by atoms with Crippen LogP contribution in [-0.4, -0.2) is 23.8 Å². The van der Waals surface area contributed by atoms with E-state index in [-0.39, 0.29) is 18.3 Å². The Morgan fingerprint density at radius 2 is 2.11 bits per heavy atom. The van der Waals surface area contributed by atoms with Crippen LogP contribution < -0.4 is 0 Å². The van der Waals surface area contributed by atoms with Crippen molar-refractivity contribution < 1.29 is 14.6 Å². The molecule has 0 bridgehead atoms. The quantitative estimate of drug-likeness (QED) is 0.836. The number of esters is 1. The summed E-state index contributed by atoms with van der Waals surface area (Å²) >= 11 is 0. The van der Waals surface area contributed by atoms with Crippen molar-refractivity contribution in [1.29, 1.82) is 0 Å². The normalized spacial score (nSPS) is 27.8. The maximum Gasteiger partial charge on any atom is 0.308 e. The van der Waals surface area contributed by atoms with Crippen molar-refractivity contribution in [3.63, 3.8) is 0 Å². The SMILES string of the molecule is COC(=O)CC1(O)CCCCC1c1ccccc1. The second-order valence-corrected chi connectivity index (χ2v) is 5.07. The Labute approximate surface area is 108 Å². The Morgan fingerprint density at radius 3 is 2.78 bits per heavy atom. The first-order valence-corrected chi connectivity index (χ1v) is 6.50. The lowest BCUT2D eigenvalue weighted by molar-refractivity contribution is -0.148. The van der Waals surface area contributed by atoms with Crippen molar-refractivity contribution in [1.82, 2.24) is 0 Å². The molecule has 3 heteroatoms. The third-order valence-corrected chi connectivity index (χ3v) is 3.88. The summed E-state index contributed by atoms with van der Waals surface area (Å²) in [5.74, 6) is -0.299. The van der Waals surface area contributed by atoms with Crippen LogP contribution in [-0.2, 0) is 9.53 Å². The molecule has 1 fully saturated rings. The van der Waals surface area contributed by atoms with Gasteiger partial charge in [-0.15, -0.1) is 0 Å². The van der Waals surface area contributed by atoms with Gasteiger partial charge in [-0.1, -0.05) is 43.2 Å². The van der Waals surface area contributed by atoms with Gasteiger partial charge < -0.3 is 9.84 Å². The van der Waals surface area contributed by atoms with Crippen molar-refractivity contribution in [3.05, 3.63) is 35.9 Å². The van der Waals surface area contributed by atoms with E-state index in [1.165, 1.54) is 7.11 Å². The standard InChI is InChI=1S/C15H20O3/c1-18-14(16)11-15(17)10-6-5-9-13(15)12-7-3-2-4-8-12/h2-4,7-8,13,17H,5-6,9-11H2,1H3. The van der Waals surface area contributed by atoms with Gasteiger partial charge in [0.2, 0.25) is 0 Å². The highest BCUT2D eigenvalue weighted by atomic mass is 16.5. The predicted octanol–water partition coefficient (Wildman–Crippen LogP) is 2.64. The molecule has 0 radical (unpaired) electrons. The molecule has 0 heterocycles. The number of carbonyl (C=O) groups excluding carboxylic acids is 1. The summed E-state index contributed by atoms with van der Waals surface area (Å²) in [6, 6.07) is 9.97. The van der Waals surface area contributed by atoms with Gasteiger partial charge in [0.25, 0.3) is 0 Å². The fraction of sp³-hybridized carbons (Fsp3) is 0.533. The number of carbonyl (C=O) groups is 1. The number of aliphatic hydroxyl groups is 1. The Kier molecular flexibility index (Phi) is 4.02. The zero-order chi connectivity index (χ0) is 13.0. The van der Waals surface area contributed by atoms with Crippen molar-refractivity contribution in [2.24, 2.45) is 0 Å². The van der Waals surface area contributed by atoms with E-state index in [0.717, 1.165) is 24.8 Å². The van der Waals surface area contributed by atoms with E-state index in [0.29, 0.717) is 6.42 Å². The predicted molar refractivity (Wildman–Crippen MR) is 69.2 cm³/mol. The molecule has 0 amide bonds. The fourth-order valence-corrected chi connectivity index (χ4v) is 2.92. The molecule has 3 nitrogen and oxygen atoms in total. The highest BCUT2D eigenvalue weighted by Crippen LogP contribution is 2.42. The molecule has 98 valence electrons. The second kappa shape index (κ2) is 5.53. The first kappa shape index (κ1) is 13.1. The summed E-state index contributed by atoms with van der Waals surface area (Å²) in [7, 11) is 1.37. The van der Waals surface area contributed by atoms with E-state index in [1.54, 1.807) is 0 Å². The molecule has 2 unspecified atom stereocenters. The molecular weight excluding hydrogens is 228 g/mol. The molecule has 0 spiro atoms. The molecule has 1 aliphatic rings. The summed E-state index contributed by atoms with van der Waals surface area (Å²) in [5.41, 5.74) is 0.163. The maximum absolute atomic E-state index is 11.5. The van der Waals surface area contributed by atoms with Gasteiger partial charge in [0.15, 0.2) is 0 Å². The van der Waals surface area contributed by atoms with E-state index in [4.69, 9.17) is 4.74 Å². The number of rotatable bonds is 3. The fourth-order valence-electron chi connectivity index (χ4n) is 2.92. The minimum absolute atomic E-state index is 0.0338. The minimum atomic E-state index is -0.952. The van der Waals surface area contributed by atoms with E-state index >= 15 is 0 Å². The van der Waals surface area contributed by atoms with E-state index in [9.17, 15) is 9.90 Å². The highest BCUT2D eigenvalue weighted by molar-refractivity contribution is 5.70. The van der Waals surface area contributed by atoms with E-state index in [1.807, 2.05) is 30.3 Å². The molecule has 2 rings (SSSR count). The summed E-state index contributed by atoms with van der Waals surface area (Å²) in [4.78, 5) is 11.5. The Morgan fingerprint density at radius 1 is 1.39 bits per heavy atom. The molecule has 1 aliphatic carbocycles. The summed E-state index contributed by atoms with van der Waals surface area (Å²) < 4.78 is 4.70. The van der Waals surface area contributed by atoms with Gasteiger partial charge >= 0.3 is 5.97 Å². The van der Waals surface area contributed by atoms with Gasteiger partial charge in [-0.05, 0) is 18.4 Å². The lowest BCUT2D eigenvalue weighted by Gasteiger charge is -2.39. The Bertz CT molecular complexity index is 401. The van der Waals surface area contributed by atoms with Crippen LogP contribution in [0.3, 0.4) is 0 Å². The molecule has 1 N–H and O–H groups in total.